The fraction of sp³-hybridized carbons (Fsp3) is 0.889. The minimum Gasteiger partial charge on any atom is -0.468 e. The topological polar surface area (TPSA) is 61.5 Å². The second-order valence-electron chi connectivity index (χ2n) is 3.91. The van der Waals surface area contributed by atoms with Gasteiger partial charge in [-0.05, 0) is 25.7 Å². The Morgan fingerprint density at radius 1 is 1.38 bits per heavy atom. The molecule has 4 nitrogen and oxygen atoms in total. The molecule has 0 atom stereocenters. The van der Waals surface area contributed by atoms with Crippen molar-refractivity contribution < 1.29 is 27.4 Å². The molecule has 0 spiro atoms. The zero-order chi connectivity index (χ0) is 12.4. The number of carbonyl (C=O) groups is 1. The van der Waals surface area contributed by atoms with Gasteiger partial charge in [0.25, 0.3) is 0 Å². The van der Waals surface area contributed by atoms with Crippen molar-refractivity contribution in [1.82, 2.24) is 0 Å². The molecule has 0 saturated heterocycles. The highest BCUT2D eigenvalue weighted by Gasteiger charge is 2.42. The van der Waals surface area contributed by atoms with E-state index in [1.807, 2.05) is 0 Å². The molecule has 0 aromatic carbocycles. The quantitative estimate of drug-likeness (QED) is 0.741. The van der Waals surface area contributed by atoms with E-state index in [-0.39, 0.29) is 25.7 Å². The average Bonchev–Trinajstić information content (AvgIpc) is 2.18. The second-order valence-corrected chi connectivity index (χ2v) is 3.91. The third kappa shape index (κ3) is 3.34. The zero-order valence-electron chi connectivity index (χ0n) is 8.84. The van der Waals surface area contributed by atoms with Crippen LogP contribution in [0.5, 0.6) is 0 Å². The van der Waals surface area contributed by atoms with E-state index in [4.69, 9.17) is 5.73 Å². The standard InChI is InChI=1S/C9H14F3NO3/c1-15-7(14)8(13)4-2-6(3-5-8)16-9(10,11)12/h6H,2-5,13H2,1H3. The molecule has 16 heavy (non-hydrogen) atoms. The Labute approximate surface area is 90.9 Å². The van der Waals surface area contributed by atoms with E-state index in [1.165, 1.54) is 7.11 Å². The first-order valence-electron chi connectivity index (χ1n) is 4.89. The number of rotatable bonds is 2. The Morgan fingerprint density at radius 3 is 2.25 bits per heavy atom. The van der Waals surface area contributed by atoms with Gasteiger partial charge in [0.1, 0.15) is 5.54 Å². The summed E-state index contributed by atoms with van der Waals surface area (Å²) >= 11 is 0. The van der Waals surface area contributed by atoms with Gasteiger partial charge in [0.05, 0.1) is 13.2 Å². The maximum atomic E-state index is 11.9. The zero-order valence-corrected chi connectivity index (χ0v) is 8.84. The summed E-state index contributed by atoms with van der Waals surface area (Å²) in [7, 11) is 1.20. The SMILES string of the molecule is COC(=O)C1(N)CCC(OC(F)(F)F)CC1. The van der Waals surface area contributed by atoms with Gasteiger partial charge in [0.2, 0.25) is 0 Å². The van der Waals surface area contributed by atoms with Gasteiger partial charge >= 0.3 is 12.3 Å². The van der Waals surface area contributed by atoms with Crippen LogP contribution in [0.15, 0.2) is 0 Å². The van der Waals surface area contributed by atoms with Crippen molar-refractivity contribution >= 4 is 5.97 Å². The van der Waals surface area contributed by atoms with Crippen LogP contribution < -0.4 is 5.73 Å². The molecule has 0 unspecified atom stereocenters. The summed E-state index contributed by atoms with van der Waals surface area (Å²) in [6, 6.07) is 0. The van der Waals surface area contributed by atoms with Gasteiger partial charge in [-0.3, -0.25) is 9.53 Å². The minimum atomic E-state index is -4.63. The van der Waals surface area contributed by atoms with Crippen LogP contribution >= 0.6 is 0 Å². The summed E-state index contributed by atoms with van der Waals surface area (Å²) in [5, 5.41) is 0. The molecule has 0 heterocycles. The molecular weight excluding hydrogens is 227 g/mol. The van der Waals surface area contributed by atoms with Gasteiger partial charge < -0.3 is 10.5 Å². The smallest absolute Gasteiger partial charge is 0.468 e. The molecule has 1 rings (SSSR count). The second kappa shape index (κ2) is 4.58. The van der Waals surface area contributed by atoms with E-state index >= 15 is 0 Å². The lowest BCUT2D eigenvalue weighted by atomic mass is 9.81. The van der Waals surface area contributed by atoms with Crippen LogP contribution in [-0.2, 0) is 14.3 Å². The number of hydrogen-bond acceptors (Lipinski definition) is 4. The van der Waals surface area contributed by atoms with E-state index in [2.05, 4.69) is 9.47 Å². The minimum absolute atomic E-state index is 0.102. The molecule has 2 N–H and O–H groups in total. The van der Waals surface area contributed by atoms with Gasteiger partial charge in [0.15, 0.2) is 0 Å². The number of halogens is 3. The van der Waals surface area contributed by atoms with Crippen molar-refractivity contribution in [3.8, 4) is 0 Å². The fourth-order valence-electron chi connectivity index (χ4n) is 1.82. The molecule has 1 aliphatic carbocycles. The van der Waals surface area contributed by atoms with E-state index in [9.17, 15) is 18.0 Å². The van der Waals surface area contributed by atoms with Crippen molar-refractivity contribution in [2.24, 2.45) is 5.73 Å². The van der Waals surface area contributed by atoms with Gasteiger partial charge in [-0.25, -0.2) is 0 Å². The molecule has 1 saturated carbocycles. The number of ether oxygens (including phenoxy) is 2. The highest BCUT2D eigenvalue weighted by molar-refractivity contribution is 5.80. The third-order valence-corrected chi connectivity index (χ3v) is 2.72. The van der Waals surface area contributed by atoms with Crippen LogP contribution in [0.4, 0.5) is 13.2 Å². The Kier molecular flexibility index (Phi) is 3.80. The van der Waals surface area contributed by atoms with Gasteiger partial charge in [-0.2, -0.15) is 0 Å². The lowest BCUT2D eigenvalue weighted by Crippen LogP contribution is -2.52. The highest BCUT2D eigenvalue weighted by Crippen LogP contribution is 2.32. The number of alkyl halides is 3. The first-order chi connectivity index (χ1) is 7.27. The number of nitrogens with two attached hydrogens (primary N) is 1. The predicted octanol–water partition coefficient (Wildman–Crippen LogP) is 1.34. The summed E-state index contributed by atoms with van der Waals surface area (Å²) in [6.45, 7) is 0. The van der Waals surface area contributed by atoms with Crippen LogP contribution in [0.3, 0.4) is 0 Å². The van der Waals surface area contributed by atoms with E-state index in [0.717, 1.165) is 0 Å². The largest absolute Gasteiger partial charge is 0.522 e. The monoisotopic (exact) mass is 241 g/mol. The molecule has 94 valence electrons. The molecule has 0 aromatic heterocycles. The van der Waals surface area contributed by atoms with Crippen LogP contribution in [0.25, 0.3) is 0 Å². The Bertz CT molecular complexity index is 259. The average molecular weight is 241 g/mol. The molecule has 1 fully saturated rings. The summed E-state index contributed by atoms with van der Waals surface area (Å²) in [6.07, 6.45) is -5.07. The van der Waals surface area contributed by atoms with Crippen LogP contribution in [-0.4, -0.2) is 31.1 Å². The number of carbonyl (C=O) groups excluding carboxylic acids is 1. The summed E-state index contributed by atoms with van der Waals surface area (Å²) in [5.41, 5.74) is 4.56. The Morgan fingerprint density at radius 2 is 1.88 bits per heavy atom. The van der Waals surface area contributed by atoms with Crippen molar-refractivity contribution in [1.29, 1.82) is 0 Å². The molecule has 7 heteroatoms. The van der Waals surface area contributed by atoms with E-state index in [0.29, 0.717) is 0 Å². The molecule has 0 radical (unpaired) electrons. The van der Waals surface area contributed by atoms with Crippen LogP contribution in [0.2, 0.25) is 0 Å². The molecule has 0 aliphatic heterocycles. The first-order valence-corrected chi connectivity index (χ1v) is 4.89. The summed E-state index contributed by atoms with van der Waals surface area (Å²) < 4.78 is 44.1. The predicted molar refractivity (Wildman–Crippen MR) is 48.3 cm³/mol. The number of hydrogen-bond donors (Lipinski definition) is 1. The highest BCUT2D eigenvalue weighted by atomic mass is 19.4. The van der Waals surface area contributed by atoms with Crippen molar-refractivity contribution in [3.63, 3.8) is 0 Å². The van der Waals surface area contributed by atoms with Crippen molar-refractivity contribution in [2.45, 2.75) is 43.7 Å². The molecule has 0 amide bonds. The third-order valence-electron chi connectivity index (χ3n) is 2.72. The molecule has 0 aromatic rings. The Balaban J connectivity index is 2.48. The normalized spacial score (nSPS) is 31.2. The van der Waals surface area contributed by atoms with Gasteiger partial charge in [0, 0.05) is 0 Å². The summed E-state index contributed by atoms with van der Waals surface area (Å²) in [4.78, 5) is 11.3. The number of esters is 1. The Hall–Kier alpha value is -0.820. The molecular formula is C9H14F3NO3. The van der Waals surface area contributed by atoms with E-state index in [1.54, 1.807) is 0 Å². The first kappa shape index (κ1) is 13.2. The van der Waals surface area contributed by atoms with E-state index < -0.39 is 24.0 Å². The van der Waals surface area contributed by atoms with Gasteiger partial charge in [-0.1, -0.05) is 0 Å². The molecule has 0 bridgehead atoms. The van der Waals surface area contributed by atoms with Crippen LogP contribution in [0, 0.1) is 0 Å². The summed E-state index contributed by atoms with van der Waals surface area (Å²) in [5.74, 6) is -0.585. The maximum Gasteiger partial charge on any atom is 0.522 e. The maximum absolute atomic E-state index is 11.9. The van der Waals surface area contributed by atoms with Crippen LogP contribution in [0.1, 0.15) is 25.7 Å². The molecule has 1 aliphatic rings. The van der Waals surface area contributed by atoms with Crippen molar-refractivity contribution in [2.75, 3.05) is 7.11 Å². The lowest BCUT2D eigenvalue weighted by Gasteiger charge is -2.34. The lowest BCUT2D eigenvalue weighted by molar-refractivity contribution is -0.345. The van der Waals surface area contributed by atoms with Crippen molar-refractivity contribution in [3.05, 3.63) is 0 Å². The van der Waals surface area contributed by atoms with Gasteiger partial charge in [-0.15, -0.1) is 13.2 Å². The number of methoxy groups -OCH3 is 1. The fourth-order valence-corrected chi connectivity index (χ4v) is 1.82.